The molecule has 5 heteroatoms. The quantitative estimate of drug-likeness (QED) is 0.714. The lowest BCUT2D eigenvalue weighted by Crippen LogP contribution is -2.23. The number of hydrogen-bond acceptors (Lipinski definition) is 4. The number of rotatable bonds is 4. The zero-order chi connectivity index (χ0) is 11.7. The van der Waals surface area contributed by atoms with Crippen LogP contribution >= 0.6 is 0 Å². The highest BCUT2D eigenvalue weighted by Crippen LogP contribution is 2.04. The third kappa shape index (κ3) is 7.81. The molecule has 15 heavy (non-hydrogen) atoms. The number of carboxylic acid groups (broad SMARTS) is 1. The van der Waals surface area contributed by atoms with Gasteiger partial charge >= 0.3 is 5.97 Å². The van der Waals surface area contributed by atoms with Crippen molar-refractivity contribution in [3.63, 3.8) is 0 Å². The van der Waals surface area contributed by atoms with E-state index in [0.717, 1.165) is 6.67 Å². The van der Waals surface area contributed by atoms with E-state index < -0.39 is 5.97 Å². The molecule has 0 fully saturated rings. The fourth-order valence-electron chi connectivity index (χ4n) is 1.10. The number of nitrogens with two attached hydrogens (primary N) is 1. The maximum atomic E-state index is 9.24. The molecule has 0 unspecified atom stereocenters. The van der Waals surface area contributed by atoms with Crippen molar-refractivity contribution in [2.45, 2.75) is 19.8 Å². The molecule has 0 aromatic rings. The normalized spacial score (nSPS) is 13.8. The summed E-state index contributed by atoms with van der Waals surface area (Å²) in [7, 11) is 2.10. The first kappa shape index (κ1) is 13.8. The molecule has 0 aliphatic carbocycles. The summed E-state index contributed by atoms with van der Waals surface area (Å²) in [6, 6.07) is 0. The third-order valence-electron chi connectivity index (χ3n) is 1.91. The maximum Gasteiger partial charge on any atom is 0.317 e. The van der Waals surface area contributed by atoms with Gasteiger partial charge in [0.15, 0.2) is 0 Å². The van der Waals surface area contributed by atoms with Crippen molar-refractivity contribution in [3.05, 3.63) is 12.4 Å². The smallest absolute Gasteiger partial charge is 0.317 e. The Bertz CT molecular complexity index is 207. The van der Waals surface area contributed by atoms with E-state index in [9.17, 15) is 4.79 Å². The number of carboxylic acids is 1. The fourth-order valence-corrected chi connectivity index (χ4v) is 1.10. The Morgan fingerprint density at radius 2 is 2.13 bits per heavy atom. The Morgan fingerprint density at radius 3 is 2.47 bits per heavy atom. The molecule has 0 aromatic carbocycles. The summed E-state index contributed by atoms with van der Waals surface area (Å²) in [5, 5.41) is 7.60. The molecule has 1 aliphatic rings. The molecular formula is C10H21N3O2. The molecule has 0 radical (unpaired) electrons. The van der Waals surface area contributed by atoms with Gasteiger partial charge in [0, 0.05) is 26.0 Å². The van der Waals surface area contributed by atoms with E-state index in [2.05, 4.69) is 41.9 Å². The van der Waals surface area contributed by atoms with Crippen molar-refractivity contribution in [2.75, 3.05) is 26.8 Å². The SMILES string of the molecule is CCCCN1C=CN(C)C1.NCC(=O)O. The Kier molecular flexibility index (Phi) is 7.44. The number of hydrogen-bond donors (Lipinski definition) is 2. The van der Waals surface area contributed by atoms with E-state index in [4.69, 9.17) is 5.11 Å². The summed E-state index contributed by atoms with van der Waals surface area (Å²) < 4.78 is 0. The standard InChI is InChI=1S/C8H16N2.C2H5NO2/c1-3-4-5-10-7-6-9(2)8-10;3-1-2(4)5/h6-7H,3-5,8H2,1-2H3;1,3H2,(H,4,5). The zero-order valence-corrected chi connectivity index (χ0v) is 9.52. The van der Waals surface area contributed by atoms with Crippen molar-refractivity contribution in [2.24, 2.45) is 5.73 Å². The van der Waals surface area contributed by atoms with Gasteiger partial charge in [-0.2, -0.15) is 0 Å². The summed E-state index contributed by atoms with van der Waals surface area (Å²) in [6.07, 6.45) is 6.87. The van der Waals surface area contributed by atoms with Crippen LogP contribution in [0.1, 0.15) is 19.8 Å². The average Bonchev–Trinajstić information content (AvgIpc) is 2.62. The number of nitrogens with zero attached hydrogens (tertiary/aromatic N) is 2. The van der Waals surface area contributed by atoms with Gasteiger partial charge in [0.25, 0.3) is 0 Å². The minimum atomic E-state index is -0.968. The van der Waals surface area contributed by atoms with Crippen LogP contribution in [0.15, 0.2) is 12.4 Å². The molecule has 0 saturated carbocycles. The van der Waals surface area contributed by atoms with E-state index in [0.29, 0.717) is 0 Å². The fraction of sp³-hybridized carbons (Fsp3) is 0.700. The molecule has 0 amide bonds. The minimum absolute atomic E-state index is 0.278. The molecule has 0 saturated heterocycles. The summed E-state index contributed by atoms with van der Waals surface area (Å²) in [4.78, 5) is 13.8. The van der Waals surface area contributed by atoms with Crippen LogP contribution in [-0.4, -0.2) is 47.7 Å². The second kappa shape index (κ2) is 8.11. The zero-order valence-electron chi connectivity index (χ0n) is 9.52. The largest absolute Gasteiger partial charge is 0.480 e. The Labute approximate surface area is 91.1 Å². The molecule has 5 nitrogen and oxygen atoms in total. The van der Waals surface area contributed by atoms with Gasteiger partial charge in [0.2, 0.25) is 0 Å². The number of unbranched alkanes of at least 4 members (excludes halogenated alkanes) is 1. The lowest BCUT2D eigenvalue weighted by Gasteiger charge is -2.17. The maximum absolute atomic E-state index is 9.24. The first-order chi connectivity index (χ1) is 7.10. The highest BCUT2D eigenvalue weighted by atomic mass is 16.4. The van der Waals surface area contributed by atoms with Crippen LogP contribution < -0.4 is 5.73 Å². The molecule has 0 spiro atoms. The predicted molar refractivity (Wildman–Crippen MR) is 60.1 cm³/mol. The predicted octanol–water partition coefficient (Wildman–Crippen LogP) is 0.492. The van der Waals surface area contributed by atoms with Crippen molar-refractivity contribution < 1.29 is 9.90 Å². The first-order valence-electron chi connectivity index (χ1n) is 5.14. The van der Waals surface area contributed by atoms with Crippen LogP contribution in [0.2, 0.25) is 0 Å². The number of carbonyl (C=O) groups is 1. The van der Waals surface area contributed by atoms with Crippen LogP contribution in [0, 0.1) is 0 Å². The molecule has 1 rings (SSSR count). The second-order valence-corrected chi connectivity index (χ2v) is 3.46. The topological polar surface area (TPSA) is 69.8 Å². The van der Waals surface area contributed by atoms with Crippen LogP contribution in [0.25, 0.3) is 0 Å². The monoisotopic (exact) mass is 215 g/mol. The van der Waals surface area contributed by atoms with E-state index >= 15 is 0 Å². The average molecular weight is 215 g/mol. The van der Waals surface area contributed by atoms with Gasteiger partial charge in [-0.05, 0) is 6.42 Å². The van der Waals surface area contributed by atoms with E-state index in [1.54, 1.807) is 0 Å². The molecule has 0 aromatic heterocycles. The summed E-state index contributed by atoms with van der Waals surface area (Å²) in [5.74, 6) is -0.968. The van der Waals surface area contributed by atoms with Crippen LogP contribution in [0.3, 0.4) is 0 Å². The molecule has 0 atom stereocenters. The van der Waals surface area contributed by atoms with Crippen molar-refractivity contribution in [3.8, 4) is 0 Å². The van der Waals surface area contributed by atoms with Crippen molar-refractivity contribution in [1.29, 1.82) is 0 Å². The van der Waals surface area contributed by atoms with Crippen LogP contribution in [0.5, 0.6) is 0 Å². The third-order valence-corrected chi connectivity index (χ3v) is 1.91. The summed E-state index contributed by atoms with van der Waals surface area (Å²) in [5.41, 5.74) is 4.57. The van der Waals surface area contributed by atoms with E-state index in [1.807, 2.05) is 0 Å². The molecule has 1 aliphatic heterocycles. The summed E-state index contributed by atoms with van der Waals surface area (Å²) >= 11 is 0. The van der Waals surface area contributed by atoms with Gasteiger partial charge in [0.05, 0.1) is 13.2 Å². The van der Waals surface area contributed by atoms with E-state index in [1.165, 1.54) is 19.4 Å². The Morgan fingerprint density at radius 1 is 1.53 bits per heavy atom. The second-order valence-electron chi connectivity index (χ2n) is 3.46. The van der Waals surface area contributed by atoms with Gasteiger partial charge in [-0.3, -0.25) is 4.79 Å². The van der Waals surface area contributed by atoms with Gasteiger partial charge in [-0.1, -0.05) is 13.3 Å². The molecule has 0 bridgehead atoms. The van der Waals surface area contributed by atoms with Gasteiger partial charge in [0.1, 0.15) is 0 Å². The van der Waals surface area contributed by atoms with Crippen molar-refractivity contribution >= 4 is 5.97 Å². The first-order valence-corrected chi connectivity index (χ1v) is 5.14. The lowest BCUT2D eigenvalue weighted by atomic mass is 10.3. The van der Waals surface area contributed by atoms with Crippen molar-refractivity contribution in [1.82, 2.24) is 9.80 Å². The van der Waals surface area contributed by atoms with Crippen LogP contribution in [-0.2, 0) is 4.79 Å². The molecule has 1 heterocycles. The molecule has 88 valence electrons. The molecular weight excluding hydrogens is 194 g/mol. The lowest BCUT2D eigenvalue weighted by molar-refractivity contribution is -0.135. The number of aliphatic carboxylic acids is 1. The van der Waals surface area contributed by atoms with Crippen LogP contribution in [0.4, 0.5) is 0 Å². The Balaban J connectivity index is 0.000000336. The van der Waals surface area contributed by atoms with E-state index in [-0.39, 0.29) is 6.54 Å². The summed E-state index contributed by atoms with van der Waals surface area (Å²) in [6.45, 7) is 4.22. The van der Waals surface area contributed by atoms with Gasteiger partial charge in [-0.15, -0.1) is 0 Å². The van der Waals surface area contributed by atoms with Gasteiger partial charge < -0.3 is 20.6 Å². The minimum Gasteiger partial charge on any atom is -0.480 e. The van der Waals surface area contributed by atoms with Gasteiger partial charge in [-0.25, -0.2) is 0 Å². The highest BCUT2D eigenvalue weighted by Gasteiger charge is 2.05. The highest BCUT2D eigenvalue weighted by molar-refractivity contribution is 5.68. The molecule has 3 N–H and O–H groups in total. The Hall–Kier alpha value is -1.23.